The van der Waals surface area contributed by atoms with Crippen LogP contribution in [-0.4, -0.2) is 27.1 Å². The molecule has 0 aromatic heterocycles. The Hall–Kier alpha value is -2.34. The number of sulfonamides is 1. The van der Waals surface area contributed by atoms with Gasteiger partial charge < -0.3 is 5.32 Å². The first kappa shape index (κ1) is 20.0. The number of nitrogens with one attached hydrogen (secondary N) is 1. The minimum Gasteiger partial charge on any atom is -0.326 e. The summed E-state index contributed by atoms with van der Waals surface area (Å²) >= 11 is 0. The van der Waals surface area contributed by atoms with Crippen LogP contribution >= 0.6 is 0 Å². The van der Waals surface area contributed by atoms with E-state index in [2.05, 4.69) is 5.32 Å². The number of anilines is 2. The van der Waals surface area contributed by atoms with E-state index < -0.39 is 10.0 Å². The molecule has 1 amide bonds. The van der Waals surface area contributed by atoms with Crippen LogP contribution in [0.3, 0.4) is 0 Å². The molecule has 0 unspecified atom stereocenters. The Labute approximate surface area is 156 Å². The molecular formula is C20H26N2O3S. The fourth-order valence-electron chi connectivity index (χ4n) is 2.88. The summed E-state index contributed by atoms with van der Waals surface area (Å²) in [6.45, 7) is 4.11. The maximum absolute atomic E-state index is 12.4. The third-order valence-corrected chi connectivity index (χ3v) is 5.44. The molecule has 5 nitrogen and oxygen atoms in total. The van der Waals surface area contributed by atoms with Crippen LogP contribution in [0, 0.1) is 0 Å². The van der Waals surface area contributed by atoms with Crippen LogP contribution in [0.15, 0.2) is 48.5 Å². The molecule has 2 aromatic rings. The molecule has 0 fully saturated rings. The molecule has 2 aromatic carbocycles. The number of aryl methyl sites for hydroxylation is 2. The SMILES string of the molecule is CCc1ccccc1NC(=O)CCN(c1ccccc1CC)S(C)(=O)=O. The van der Waals surface area contributed by atoms with E-state index in [9.17, 15) is 13.2 Å². The lowest BCUT2D eigenvalue weighted by Gasteiger charge is -2.24. The molecule has 0 aliphatic carbocycles. The summed E-state index contributed by atoms with van der Waals surface area (Å²) in [4.78, 5) is 12.4. The zero-order valence-electron chi connectivity index (χ0n) is 15.5. The monoisotopic (exact) mass is 374 g/mol. The number of hydrogen-bond acceptors (Lipinski definition) is 3. The molecule has 0 bridgehead atoms. The van der Waals surface area contributed by atoms with E-state index in [0.717, 1.165) is 29.7 Å². The molecule has 0 spiro atoms. The molecular weight excluding hydrogens is 348 g/mol. The van der Waals surface area contributed by atoms with Crippen molar-refractivity contribution in [1.82, 2.24) is 0 Å². The molecule has 0 radical (unpaired) electrons. The van der Waals surface area contributed by atoms with Gasteiger partial charge in [-0.15, -0.1) is 0 Å². The Morgan fingerprint density at radius 2 is 1.54 bits per heavy atom. The van der Waals surface area contributed by atoms with E-state index in [0.29, 0.717) is 5.69 Å². The number of amides is 1. The molecule has 0 atom stereocenters. The Kier molecular flexibility index (Phi) is 6.80. The van der Waals surface area contributed by atoms with E-state index in [1.807, 2.05) is 56.3 Å². The minimum atomic E-state index is -3.48. The quantitative estimate of drug-likeness (QED) is 0.768. The summed E-state index contributed by atoms with van der Waals surface area (Å²) in [7, 11) is -3.48. The lowest BCUT2D eigenvalue weighted by molar-refractivity contribution is -0.116. The van der Waals surface area contributed by atoms with E-state index in [1.54, 1.807) is 6.07 Å². The first-order valence-electron chi connectivity index (χ1n) is 8.80. The summed E-state index contributed by atoms with van der Waals surface area (Å²) in [5.74, 6) is -0.200. The maximum Gasteiger partial charge on any atom is 0.232 e. The second-order valence-electron chi connectivity index (χ2n) is 6.13. The first-order valence-corrected chi connectivity index (χ1v) is 10.6. The molecule has 1 N–H and O–H groups in total. The highest BCUT2D eigenvalue weighted by Gasteiger charge is 2.20. The number of para-hydroxylation sites is 2. The predicted molar refractivity (Wildman–Crippen MR) is 107 cm³/mol. The Morgan fingerprint density at radius 3 is 2.15 bits per heavy atom. The Morgan fingerprint density at radius 1 is 0.962 bits per heavy atom. The molecule has 0 aliphatic heterocycles. The molecule has 0 heterocycles. The van der Waals surface area contributed by atoms with Crippen LogP contribution in [0.2, 0.25) is 0 Å². The van der Waals surface area contributed by atoms with Gasteiger partial charge in [0.05, 0.1) is 11.9 Å². The highest BCUT2D eigenvalue weighted by molar-refractivity contribution is 7.92. The molecule has 0 saturated heterocycles. The van der Waals surface area contributed by atoms with Gasteiger partial charge in [-0.2, -0.15) is 0 Å². The van der Waals surface area contributed by atoms with Crippen molar-refractivity contribution >= 4 is 27.3 Å². The number of hydrogen-bond donors (Lipinski definition) is 1. The molecule has 0 saturated carbocycles. The molecule has 26 heavy (non-hydrogen) atoms. The van der Waals surface area contributed by atoms with Gasteiger partial charge in [-0.1, -0.05) is 50.2 Å². The Bertz CT molecular complexity index is 863. The molecule has 6 heteroatoms. The molecule has 2 rings (SSSR count). The van der Waals surface area contributed by atoms with Gasteiger partial charge in [0.15, 0.2) is 0 Å². The maximum atomic E-state index is 12.4. The molecule has 0 aliphatic rings. The minimum absolute atomic E-state index is 0.0865. The summed E-state index contributed by atoms with van der Waals surface area (Å²) in [5, 5.41) is 2.89. The predicted octanol–water partition coefficient (Wildman–Crippen LogP) is 3.61. The fraction of sp³-hybridized carbons (Fsp3) is 0.350. The van der Waals surface area contributed by atoms with E-state index in [1.165, 1.54) is 10.6 Å². The van der Waals surface area contributed by atoms with Gasteiger partial charge >= 0.3 is 0 Å². The van der Waals surface area contributed by atoms with Gasteiger partial charge in [-0.25, -0.2) is 8.42 Å². The lowest BCUT2D eigenvalue weighted by Crippen LogP contribution is -2.33. The van der Waals surface area contributed by atoms with Gasteiger partial charge in [0.1, 0.15) is 0 Å². The van der Waals surface area contributed by atoms with Crippen molar-refractivity contribution in [2.45, 2.75) is 33.1 Å². The van der Waals surface area contributed by atoms with Crippen LogP contribution in [0.5, 0.6) is 0 Å². The van der Waals surface area contributed by atoms with Crippen molar-refractivity contribution in [3.05, 3.63) is 59.7 Å². The summed E-state index contributed by atoms with van der Waals surface area (Å²) in [5.41, 5.74) is 3.41. The van der Waals surface area contributed by atoms with Crippen molar-refractivity contribution in [3.63, 3.8) is 0 Å². The largest absolute Gasteiger partial charge is 0.326 e. The van der Waals surface area contributed by atoms with E-state index in [4.69, 9.17) is 0 Å². The van der Waals surface area contributed by atoms with Crippen molar-refractivity contribution in [2.24, 2.45) is 0 Å². The second kappa shape index (κ2) is 8.85. The average molecular weight is 375 g/mol. The smallest absolute Gasteiger partial charge is 0.232 e. The van der Waals surface area contributed by atoms with Crippen molar-refractivity contribution in [2.75, 3.05) is 22.4 Å². The summed E-state index contributed by atoms with van der Waals surface area (Å²) < 4.78 is 25.8. The van der Waals surface area contributed by atoms with Gasteiger partial charge in [0, 0.05) is 18.7 Å². The average Bonchev–Trinajstić information content (AvgIpc) is 2.61. The standard InChI is InChI=1S/C20H26N2O3S/c1-4-16-10-6-8-12-18(16)21-20(23)14-15-22(26(3,24)25)19-13-9-7-11-17(19)5-2/h6-13H,4-5,14-15H2,1-3H3,(H,21,23). The van der Waals surface area contributed by atoms with Gasteiger partial charge in [-0.05, 0) is 36.1 Å². The number of carbonyl (C=O) groups excluding carboxylic acids is 1. The highest BCUT2D eigenvalue weighted by atomic mass is 32.2. The van der Waals surface area contributed by atoms with E-state index >= 15 is 0 Å². The lowest BCUT2D eigenvalue weighted by atomic mass is 10.1. The van der Waals surface area contributed by atoms with Crippen LogP contribution < -0.4 is 9.62 Å². The first-order chi connectivity index (χ1) is 12.4. The van der Waals surface area contributed by atoms with Crippen LogP contribution in [-0.2, 0) is 27.7 Å². The van der Waals surface area contributed by atoms with Gasteiger partial charge in [-0.3, -0.25) is 9.10 Å². The third-order valence-electron chi connectivity index (χ3n) is 4.26. The molecule has 140 valence electrons. The van der Waals surface area contributed by atoms with Crippen LogP contribution in [0.4, 0.5) is 11.4 Å². The van der Waals surface area contributed by atoms with Crippen molar-refractivity contribution < 1.29 is 13.2 Å². The second-order valence-corrected chi connectivity index (χ2v) is 8.03. The normalized spacial score (nSPS) is 11.2. The van der Waals surface area contributed by atoms with Crippen LogP contribution in [0.25, 0.3) is 0 Å². The topological polar surface area (TPSA) is 66.5 Å². The number of nitrogens with zero attached hydrogens (tertiary/aromatic N) is 1. The summed E-state index contributed by atoms with van der Waals surface area (Å²) in [6, 6.07) is 15.0. The van der Waals surface area contributed by atoms with Gasteiger partial charge in [0.25, 0.3) is 0 Å². The van der Waals surface area contributed by atoms with Crippen molar-refractivity contribution in [1.29, 1.82) is 0 Å². The zero-order chi connectivity index (χ0) is 19.2. The van der Waals surface area contributed by atoms with Crippen molar-refractivity contribution in [3.8, 4) is 0 Å². The van der Waals surface area contributed by atoms with E-state index in [-0.39, 0.29) is 18.9 Å². The number of benzene rings is 2. The Balaban J connectivity index is 2.14. The number of rotatable bonds is 8. The van der Waals surface area contributed by atoms with Crippen LogP contribution in [0.1, 0.15) is 31.4 Å². The zero-order valence-corrected chi connectivity index (χ0v) is 16.3. The number of carbonyl (C=O) groups is 1. The summed E-state index contributed by atoms with van der Waals surface area (Å²) in [6.07, 6.45) is 2.79. The highest BCUT2D eigenvalue weighted by Crippen LogP contribution is 2.24. The fourth-order valence-corrected chi connectivity index (χ4v) is 3.84. The van der Waals surface area contributed by atoms with Gasteiger partial charge in [0.2, 0.25) is 15.9 Å². The third kappa shape index (κ3) is 5.08.